The van der Waals surface area contributed by atoms with E-state index in [4.69, 9.17) is 0 Å². The maximum Gasteiger partial charge on any atom is 0.213 e. The molecule has 6 nitrogen and oxygen atoms in total. The van der Waals surface area contributed by atoms with Crippen molar-refractivity contribution in [1.82, 2.24) is 15.1 Å². The Morgan fingerprint density at radius 2 is 2.31 bits per heavy atom. The predicted octanol–water partition coefficient (Wildman–Crippen LogP) is 1.16. The summed E-state index contributed by atoms with van der Waals surface area (Å²) in [6.45, 7) is 0.757. The molecule has 84 valence electrons. The molecule has 0 unspecified atom stereocenters. The van der Waals surface area contributed by atoms with Crippen LogP contribution in [0.15, 0.2) is 29.2 Å². The molecule has 2 N–H and O–H groups in total. The smallest absolute Gasteiger partial charge is 0.213 e. The zero-order valence-electron chi connectivity index (χ0n) is 8.97. The fourth-order valence-electron chi connectivity index (χ4n) is 1.30. The highest BCUT2D eigenvalue weighted by molar-refractivity contribution is 5.51. The van der Waals surface area contributed by atoms with Gasteiger partial charge >= 0.3 is 0 Å². The topological polar surface area (TPSA) is 75.9 Å². The summed E-state index contributed by atoms with van der Waals surface area (Å²) in [7, 11) is 1.84. The summed E-state index contributed by atoms with van der Waals surface area (Å²) in [5.41, 5.74) is 1.02. The molecule has 0 atom stereocenters. The van der Waals surface area contributed by atoms with Crippen molar-refractivity contribution in [2.24, 2.45) is 0 Å². The van der Waals surface area contributed by atoms with E-state index in [1.807, 2.05) is 19.2 Å². The van der Waals surface area contributed by atoms with E-state index in [-0.39, 0.29) is 0 Å². The number of anilines is 2. The van der Waals surface area contributed by atoms with Crippen LogP contribution in [0.1, 0.15) is 5.82 Å². The van der Waals surface area contributed by atoms with Crippen LogP contribution in [0.5, 0.6) is 0 Å². The average Bonchev–Trinajstić information content (AvgIpc) is 2.82. The van der Waals surface area contributed by atoms with E-state index in [9.17, 15) is 0 Å². The molecule has 6 heteroatoms. The number of pyridine rings is 1. The van der Waals surface area contributed by atoms with Crippen molar-refractivity contribution in [2.75, 3.05) is 24.2 Å². The minimum Gasteiger partial charge on any atom is -0.384 e. The molecule has 0 fully saturated rings. The van der Waals surface area contributed by atoms with Crippen LogP contribution >= 0.6 is 0 Å². The van der Waals surface area contributed by atoms with Crippen LogP contribution in [0.25, 0.3) is 0 Å². The molecule has 2 aromatic rings. The van der Waals surface area contributed by atoms with Crippen LogP contribution in [0.2, 0.25) is 0 Å². The summed E-state index contributed by atoms with van der Waals surface area (Å²) in [6.07, 6.45) is 3.82. The van der Waals surface area contributed by atoms with Crippen LogP contribution in [0.3, 0.4) is 0 Å². The Labute approximate surface area is 93.1 Å². The van der Waals surface area contributed by atoms with Gasteiger partial charge in [0.15, 0.2) is 5.82 Å². The minimum absolute atomic E-state index is 0.704. The van der Waals surface area contributed by atoms with Gasteiger partial charge in [0.1, 0.15) is 5.82 Å². The Balaban J connectivity index is 1.85. The molecular weight excluding hydrogens is 206 g/mol. The SMILES string of the molecule is CNc1cc(NCCc2ncon2)ccn1. The third-order valence-corrected chi connectivity index (χ3v) is 2.10. The molecule has 2 aromatic heterocycles. The first-order valence-electron chi connectivity index (χ1n) is 5.01. The number of nitrogens with one attached hydrogen (secondary N) is 2. The van der Waals surface area contributed by atoms with Gasteiger partial charge in [0.2, 0.25) is 6.39 Å². The van der Waals surface area contributed by atoms with E-state index >= 15 is 0 Å². The highest BCUT2D eigenvalue weighted by atomic mass is 16.5. The van der Waals surface area contributed by atoms with E-state index < -0.39 is 0 Å². The number of hydrogen-bond acceptors (Lipinski definition) is 6. The standard InChI is InChI=1S/C10H13N5O/c1-11-10-6-8(2-4-13-10)12-5-3-9-14-7-16-15-9/h2,4,6-7H,3,5H2,1H3,(H2,11,12,13). The average molecular weight is 219 g/mol. The lowest BCUT2D eigenvalue weighted by Gasteiger charge is -2.06. The second-order valence-corrected chi connectivity index (χ2v) is 3.20. The molecule has 0 aromatic carbocycles. The zero-order chi connectivity index (χ0) is 11.2. The molecule has 16 heavy (non-hydrogen) atoms. The number of nitrogens with zero attached hydrogens (tertiary/aromatic N) is 3. The van der Waals surface area contributed by atoms with Gasteiger partial charge in [-0.2, -0.15) is 4.98 Å². The molecule has 2 heterocycles. The molecular formula is C10H13N5O. The monoisotopic (exact) mass is 219 g/mol. The highest BCUT2D eigenvalue weighted by Crippen LogP contribution is 2.10. The lowest BCUT2D eigenvalue weighted by molar-refractivity contribution is 0.410. The lowest BCUT2D eigenvalue weighted by Crippen LogP contribution is -2.06. The van der Waals surface area contributed by atoms with E-state index in [0.717, 1.165) is 24.5 Å². The van der Waals surface area contributed by atoms with Gasteiger partial charge in [-0.25, -0.2) is 4.98 Å². The van der Waals surface area contributed by atoms with Gasteiger partial charge in [-0.05, 0) is 6.07 Å². The van der Waals surface area contributed by atoms with E-state index in [1.165, 1.54) is 6.39 Å². The Kier molecular flexibility index (Phi) is 3.32. The molecule has 0 spiro atoms. The first-order chi connectivity index (χ1) is 7.88. The van der Waals surface area contributed by atoms with Crippen LogP contribution in [-0.2, 0) is 6.42 Å². The third-order valence-electron chi connectivity index (χ3n) is 2.10. The largest absolute Gasteiger partial charge is 0.384 e. The van der Waals surface area contributed by atoms with Crippen molar-refractivity contribution < 1.29 is 4.52 Å². The van der Waals surface area contributed by atoms with Gasteiger partial charge in [-0.3, -0.25) is 0 Å². The zero-order valence-corrected chi connectivity index (χ0v) is 8.97. The van der Waals surface area contributed by atoms with Crippen LogP contribution in [-0.4, -0.2) is 28.7 Å². The Morgan fingerprint density at radius 3 is 3.06 bits per heavy atom. The Morgan fingerprint density at radius 1 is 1.38 bits per heavy atom. The fourth-order valence-corrected chi connectivity index (χ4v) is 1.30. The maximum absolute atomic E-state index is 4.64. The quantitative estimate of drug-likeness (QED) is 0.786. The van der Waals surface area contributed by atoms with Crippen LogP contribution < -0.4 is 10.6 Å². The summed E-state index contributed by atoms with van der Waals surface area (Å²) in [5, 5.41) is 9.97. The van der Waals surface area contributed by atoms with Crippen molar-refractivity contribution >= 4 is 11.5 Å². The molecule has 0 aliphatic rings. The highest BCUT2D eigenvalue weighted by Gasteiger charge is 1.98. The lowest BCUT2D eigenvalue weighted by atomic mass is 10.3. The third kappa shape index (κ3) is 2.69. The molecule has 0 amide bonds. The minimum atomic E-state index is 0.704. The summed E-state index contributed by atoms with van der Waals surface area (Å²) in [6, 6.07) is 3.85. The first-order valence-corrected chi connectivity index (χ1v) is 5.01. The van der Waals surface area contributed by atoms with Crippen LogP contribution in [0.4, 0.5) is 11.5 Å². The second-order valence-electron chi connectivity index (χ2n) is 3.20. The van der Waals surface area contributed by atoms with Crippen molar-refractivity contribution in [3.05, 3.63) is 30.5 Å². The van der Waals surface area contributed by atoms with E-state index in [0.29, 0.717) is 5.82 Å². The van der Waals surface area contributed by atoms with Crippen molar-refractivity contribution in [3.8, 4) is 0 Å². The molecule has 0 aliphatic carbocycles. The molecule has 0 saturated heterocycles. The van der Waals surface area contributed by atoms with Crippen molar-refractivity contribution in [2.45, 2.75) is 6.42 Å². The van der Waals surface area contributed by atoms with Crippen molar-refractivity contribution in [1.29, 1.82) is 0 Å². The van der Waals surface area contributed by atoms with E-state index in [1.54, 1.807) is 6.20 Å². The normalized spacial score (nSPS) is 10.1. The maximum atomic E-state index is 4.64. The van der Waals surface area contributed by atoms with Crippen molar-refractivity contribution in [3.63, 3.8) is 0 Å². The number of hydrogen-bond donors (Lipinski definition) is 2. The van der Waals surface area contributed by atoms with Gasteiger partial charge in [0.25, 0.3) is 0 Å². The fraction of sp³-hybridized carbons (Fsp3) is 0.300. The summed E-state index contributed by atoms with van der Waals surface area (Å²) in [5.74, 6) is 1.54. The predicted molar refractivity (Wildman–Crippen MR) is 60.3 cm³/mol. The van der Waals surface area contributed by atoms with E-state index in [2.05, 4.69) is 30.3 Å². The summed E-state index contributed by atoms with van der Waals surface area (Å²) < 4.78 is 4.64. The first kappa shape index (κ1) is 10.4. The summed E-state index contributed by atoms with van der Waals surface area (Å²) >= 11 is 0. The molecule has 0 saturated carbocycles. The Bertz CT molecular complexity index is 429. The molecule has 0 aliphatic heterocycles. The molecule has 0 bridgehead atoms. The Hall–Kier alpha value is -2.11. The van der Waals surface area contributed by atoms with Gasteiger partial charge < -0.3 is 15.2 Å². The molecule has 0 radical (unpaired) electrons. The summed E-state index contributed by atoms with van der Waals surface area (Å²) in [4.78, 5) is 8.06. The molecule has 2 rings (SSSR count). The van der Waals surface area contributed by atoms with Gasteiger partial charge in [-0.1, -0.05) is 5.16 Å². The number of aromatic nitrogens is 3. The second kappa shape index (κ2) is 5.11. The number of rotatable bonds is 5. The van der Waals surface area contributed by atoms with Gasteiger partial charge in [0, 0.05) is 38.0 Å². The van der Waals surface area contributed by atoms with Crippen LogP contribution in [0, 0.1) is 0 Å². The van der Waals surface area contributed by atoms with Gasteiger partial charge in [-0.15, -0.1) is 0 Å². The van der Waals surface area contributed by atoms with Gasteiger partial charge in [0.05, 0.1) is 0 Å².